The lowest BCUT2D eigenvalue weighted by atomic mass is 9.74. The number of fused-ring (bicyclic) bond motifs is 3. The highest BCUT2D eigenvalue weighted by atomic mass is 32.2. The van der Waals surface area contributed by atoms with Crippen LogP contribution in [0.3, 0.4) is 0 Å². The number of carbonyl (C=O) groups is 1. The highest BCUT2D eigenvalue weighted by Crippen LogP contribution is 2.45. The molecule has 0 spiro atoms. The van der Waals surface area contributed by atoms with Crippen LogP contribution in [0.15, 0.2) is 34.2 Å². The molecule has 1 aromatic carbocycles. The zero-order valence-electron chi connectivity index (χ0n) is 14.8. The minimum Gasteiger partial charge on any atom is -0.468 e. The van der Waals surface area contributed by atoms with Crippen molar-refractivity contribution in [3.05, 3.63) is 45.7 Å². The molecule has 2 aliphatic rings. The van der Waals surface area contributed by atoms with E-state index in [-0.39, 0.29) is 23.2 Å². The van der Waals surface area contributed by atoms with Crippen LogP contribution in [-0.2, 0) is 16.0 Å². The number of nitrogens with one attached hydrogen (secondary N) is 1. The SMILES string of the molecule is COC(=O)CSc1nc2c(c(=O)[nH]1)[C@@H](C1CCCC1)Cc1ccccc1-2. The fraction of sp³-hybridized carbons (Fsp3) is 0.450. The van der Waals surface area contributed by atoms with Gasteiger partial charge in [0, 0.05) is 11.1 Å². The van der Waals surface area contributed by atoms with Crippen molar-refractivity contribution in [2.24, 2.45) is 5.92 Å². The van der Waals surface area contributed by atoms with Crippen LogP contribution >= 0.6 is 11.8 Å². The number of ether oxygens (including phenoxy) is 1. The zero-order valence-corrected chi connectivity index (χ0v) is 15.6. The van der Waals surface area contributed by atoms with Crippen LogP contribution < -0.4 is 5.56 Å². The number of esters is 1. The molecule has 26 heavy (non-hydrogen) atoms. The summed E-state index contributed by atoms with van der Waals surface area (Å²) >= 11 is 1.21. The Kier molecular flexibility index (Phi) is 4.85. The Labute approximate surface area is 156 Å². The Morgan fingerprint density at radius 2 is 2.08 bits per heavy atom. The first-order valence-corrected chi connectivity index (χ1v) is 10.1. The number of thioether (sulfide) groups is 1. The van der Waals surface area contributed by atoms with Crippen molar-refractivity contribution in [2.45, 2.75) is 43.2 Å². The molecule has 136 valence electrons. The summed E-state index contributed by atoms with van der Waals surface area (Å²) in [6, 6.07) is 8.23. The third-order valence-electron chi connectivity index (χ3n) is 5.54. The quantitative estimate of drug-likeness (QED) is 0.506. The summed E-state index contributed by atoms with van der Waals surface area (Å²) in [6.07, 6.45) is 5.77. The van der Waals surface area contributed by atoms with Gasteiger partial charge < -0.3 is 9.72 Å². The molecule has 0 saturated heterocycles. The van der Waals surface area contributed by atoms with E-state index in [1.807, 2.05) is 12.1 Å². The first-order chi connectivity index (χ1) is 12.7. The molecule has 1 fully saturated rings. The minimum atomic E-state index is -0.334. The molecule has 2 aromatic rings. The van der Waals surface area contributed by atoms with Gasteiger partial charge in [0.1, 0.15) is 0 Å². The average Bonchev–Trinajstić information content (AvgIpc) is 3.20. The highest BCUT2D eigenvalue weighted by molar-refractivity contribution is 7.99. The van der Waals surface area contributed by atoms with E-state index in [0.717, 1.165) is 23.2 Å². The fourth-order valence-corrected chi connectivity index (χ4v) is 4.99. The van der Waals surface area contributed by atoms with Crippen molar-refractivity contribution in [1.29, 1.82) is 0 Å². The van der Waals surface area contributed by atoms with E-state index in [2.05, 4.69) is 21.9 Å². The lowest BCUT2D eigenvalue weighted by Gasteiger charge is -2.30. The number of aromatic nitrogens is 2. The third kappa shape index (κ3) is 3.18. The predicted octanol–water partition coefficient (Wildman–Crippen LogP) is 3.53. The van der Waals surface area contributed by atoms with Crippen molar-refractivity contribution >= 4 is 17.7 Å². The number of H-pyrrole nitrogens is 1. The maximum absolute atomic E-state index is 13.0. The number of hydrogen-bond acceptors (Lipinski definition) is 5. The number of carbonyl (C=O) groups excluding carboxylic acids is 1. The normalized spacial score (nSPS) is 19.0. The lowest BCUT2D eigenvalue weighted by molar-refractivity contribution is -0.137. The van der Waals surface area contributed by atoms with Gasteiger partial charge in [-0.3, -0.25) is 9.59 Å². The van der Waals surface area contributed by atoms with Crippen LogP contribution in [0.2, 0.25) is 0 Å². The van der Waals surface area contributed by atoms with Gasteiger partial charge in [-0.2, -0.15) is 0 Å². The first-order valence-electron chi connectivity index (χ1n) is 9.09. The number of aromatic amines is 1. The summed E-state index contributed by atoms with van der Waals surface area (Å²) in [7, 11) is 1.36. The van der Waals surface area contributed by atoms with Crippen molar-refractivity contribution in [2.75, 3.05) is 12.9 Å². The Morgan fingerprint density at radius 1 is 1.31 bits per heavy atom. The van der Waals surface area contributed by atoms with Crippen molar-refractivity contribution < 1.29 is 9.53 Å². The van der Waals surface area contributed by atoms with E-state index in [1.165, 1.54) is 50.1 Å². The highest BCUT2D eigenvalue weighted by Gasteiger charge is 2.35. The Hall–Kier alpha value is -2.08. The number of hydrogen-bond donors (Lipinski definition) is 1. The predicted molar refractivity (Wildman–Crippen MR) is 101 cm³/mol. The van der Waals surface area contributed by atoms with Crippen LogP contribution in [0, 0.1) is 5.92 Å². The second kappa shape index (κ2) is 7.27. The monoisotopic (exact) mass is 370 g/mol. The van der Waals surface area contributed by atoms with Gasteiger partial charge in [0.2, 0.25) is 0 Å². The van der Waals surface area contributed by atoms with Crippen LogP contribution in [0.5, 0.6) is 0 Å². The van der Waals surface area contributed by atoms with Crippen LogP contribution in [0.4, 0.5) is 0 Å². The van der Waals surface area contributed by atoms with E-state index < -0.39 is 0 Å². The van der Waals surface area contributed by atoms with Gasteiger partial charge in [-0.15, -0.1) is 0 Å². The molecule has 4 rings (SSSR count). The standard InChI is InChI=1S/C20H22N2O3S/c1-25-16(23)11-26-20-21-18-14-9-5-4-8-13(14)10-15(12-6-2-3-7-12)17(18)19(24)22-20/h4-5,8-9,12,15H,2-3,6-7,10-11H2,1H3,(H,21,22,24)/t15-/m1/s1. The molecule has 1 N–H and O–H groups in total. The first kappa shape index (κ1) is 17.3. The smallest absolute Gasteiger partial charge is 0.316 e. The topological polar surface area (TPSA) is 72.0 Å². The van der Waals surface area contributed by atoms with E-state index in [4.69, 9.17) is 4.98 Å². The van der Waals surface area contributed by atoms with Crippen molar-refractivity contribution in [1.82, 2.24) is 9.97 Å². The Morgan fingerprint density at radius 3 is 2.85 bits per heavy atom. The molecule has 1 aromatic heterocycles. The number of rotatable bonds is 4. The Balaban J connectivity index is 1.78. The Bertz CT molecular complexity index is 887. The van der Waals surface area contributed by atoms with Gasteiger partial charge in [-0.1, -0.05) is 48.9 Å². The lowest BCUT2D eigenvalue weighted by Crippen LogP contribution is -2.28. The molecule has 1 atom stereocenters. The van der Waals surface area contributed by atoms with E-state index in [1.54, 1.807) is 0 Å². The summed E-state index contributed by atoms with van der Waals surface area (Å²) in [4.78, 5) is 32.0. The second-order valence-corrected chi connectivity index (χ2v) is 7.97. The summed E-state index contributed by atoms with van der Waals surface area (Å²) in [5.41, 5.74) is 3.87. The van der Waals surface area contributed by atoms with Gasteiger partial charge in [0.25, 0.3) is 5.56 Å². The van der Waals surface area contributed by atoms with Crippen molar-refractivity contribution in [3.63, 3.8) is 0 Å². The molecular formula is C20H22N2O3S. The fourth-order valence-electron chi connectivity index (χ4n) is 4.30. The number of benzene rings is 1. The van der Waals surface area contributed by atoms with Crippen LogP contribution in [0.25, 0.3) is 11.3 Å². The average molecular weight is 370 g/mol. The summed E-state index contributed by atoms with van der Waals surface area (Å²) in [5.74, 6) is 0.586. The van der Waals surface area contributed by atoms with Gasteiger partial charge in [-0.05, 0) is 36.7 Å². The van der Waals surface area contributed by atoms with Gasteiger partial charge in [0.05, 0.1) is 18.6 Å². The van der Waals surface area contributed by atoms with Crippen LogP contribution in [-0.4, -0.2) is 28.8 Å². The van der Waals surface area contributed by atoms with Gasteiger partial charge in [0.15, 0.2) is 5.16 Å². The molecule has 0 aliphatic heterocycles. The number of nitrogens with zero attached hydrogens (tertiary/aromatic N) is 1. The molecule has 0 bridgehead atoms. The van der Waals surface area contributed by atoms with E-state index >= 15 is 0 Å². The van der Waals surface area contributed by atoms with Crippen molar-refractivity contribution in [3.8, 4) is 11.3 Å². The summed E-state index contributed by atoms with van der Waals surface area (Å²) in [5, 5.41) is 0.473. The van der Waals surface area contributed by atoms with E-state index in [0.29, 0.717) is 11.1 Å². The van der Waals surface area contributed by atoms with Gasteiger partial charge in [-0.25, -0.2) is 4.98 Å². The molecule has 0 unspecified atom stereocenters. The zero-order chi connectivity index (χ0) is 18.1. The van der Waals surface area contributed by atoms with E-state index in [9.17, 15) is 9.59 Å². The minimum absolute atomic E-state index is 0.0613. The second-order valence-electron chi connectivity index (χ2n) is 7.01. The molecule has 2 aliphatic carbocycles. The molecule has 1 saturated carbocycles. The molecule has 0 amide bonds. The molecule has 0 radical (unpaired) electrons. The molecule has 1 heterocycles. The number of methoxy groups -OCH3 is 1. The largest absolute Gasteiger partial charge is 0.468 e. The van der Waals surface area contributed by atoms with Crippen LogP contribution in [0.1, 0.15) is 42.7 Å². The molecule has 5 nitrogen and oxygen atoms in total. The maximum atomic E-state index is 13.0. The third-order valence-corrected chi connectivity index (χ3v) is 6.39. The summed E-state index contributed by atoms with van der Waals surface area (Å²) < 4.78 is 4.68. The molecular weight excluding hydrogens is 348 g/mol. The maximum Gasteiger partial charge on any atom is 0.316 e. The molecule has 6 heteroatoms. The van der Waals surface area contributed by atoms with Gasteiger partial charge >= 0.3 is 5.97 Å². The summed E-state index contributed by atoms with van der Waals surface area (Å²) in [6.45, 7) is 0.